The lowest BCUT2D eigenvalue weighted by Crippen LogP contribution is -2.42. The van der Waals surface area contributed by atoms with Gasteiger partial charge < -0.3 is 5.11 Å². The van der Waals surface area contributed by atoms with E-state index >= 15 is 0 Å². The molecule has 150 valence electrons. The van der Waals surface area contributed by atoms with Crippen molar-refractivity contribution in [3.63, 3.8) is 0 Å². The molecule has 2 nitrogen and oxygen atoms in total. The molecule has 3 aliphatic rings. The first-order chi connectivity index (χ1) is 14.0. The lowest BCUT2D eigenvalue weighted by Gasteiger charge is -2.48. The van der Waals surface area contributed by atoms with Gasteiger partial charge in [0.1, 0.15) is 5.75 Å². The zero-order valence-corrected chi connectivity index (χ0v) is 18.0. The molecule has 0 unspecified atom stereocenters. The van der Waals surface area contributed by atoms with Gasteiger partial charge in [0.25, 0.3) is 0 Å². The van der Waals surface area contributed by atoms with Crippen LogP contribution in [0, 0.1) is 17.3 Å². The second-order valence-electron chi connectivity index (χ2n) is 9.23. The van der Waals surface area contributed by atoms with Crippen LogP contribution in [0.4, 0.5) is 0 Å². The molecular formula is C26H28O2S. The molecule has 0 spiro atoms. The van der Waals surface area contributed by atoms with Crippen molar-refractivity contribution in [3.05, 3.63) is 64.7 Å². The standard InChI is InChI=1S/C26H28O2S/c1-26-12-11-22-21-10-6-19(27)14-17(21)5-9-23(22)24(26)15-18(25(26)28)13-16-3-7-20(29-2)8-4-16/h3-4,6-8,10,13-14,22-24,27H,5,9,11-12,15H2,1-2H3/b18-13+/t22-,23-,24+,26+/m1/s1. The number of ketones is 1. The average Bonchev–Trinajstić information content (AvgIpc) is 2.99. The van der Waals surface area contributed by atoms with Gasteiger partial charge in [-0.15, -0.1) is 11.8 Å². The Morgan fingerprint density at radius 3 is 2.69 bits per heavy atom. The summed E-state index contributed by atoms with van der Waals surface area (Å²) in [6.07, 6.45) is 9.33. The highest BCUT2D eigenvalue weighted by Crippen LogP contribution is 2.60. The monoisotopic (exact) mass is 404 g/mol. The molecule has 0 aliphatic heterocycles. The van der Waals surface area contributed by atoms with E-state index in [1.165, 1.54) is 16.0 Å². The Morgan fingerprint density at radius 1 is 1.14 bits per heavy atom. The van der Waals surface area contributed by atoms with Crippen LogP contribution >= 0.6 is 11.8 Å². The number of phenolic OH excluding ortho intramolecular Hbond substituents is 1. The van der Waals surface area contributed by atoms with Crippen molar-refractivity contribution < 1.29 is 9.90 Å². The highest BCUT2D eigenvalue weighted by Gasteiger charge is 2.56. The molecule has 29 heavy (non-hydrogen) atoms. The molecule has 3 heteroatoms. The number of allylic oxidation sites excluding steroid dienone is 1. The van der Waals surface area contributed by atoms with Gasteiger partial charge >= 0.3 is 0 Å². The van der Waals surface area contributed by atoms with E-state index in [9.17, 15) is 9.90 Å². The summed E-state index contributed by atoms with van der Waals surface area (Å²) < 4.78 is 0. The molecular weight excluding hydrogens is 376 g/mol. The normalized spacial score (nSPS) is 32.0. The summed E-state index contributed by atoms with van der Waals surface area (Å²) in [5.74, 6) is 2.29. The first kappa shape index (κ1) is 19.0. The SMILES string of the molecule is CSc1ccc(/C=C2\C[C@H]3[C@@H]4CCc5cc(O)ccc5[C@H]4CC[C@]3(C)C2=O)cc1. The van der Waals surface area contributed by atoms with E-state index in [-0.39, 0.29) is 5.41 Å². The maximum atomic E-state index is 13.4. The van der Waals surface area contributed by atoms with Gasteiger partial charge in [0.2, 0.25) is 0 Å². The highest BCUT2D eigenvalue weighted by molar-refractivity contribution is 7.98. The minimum atomic E-state index is -0.208. The van der Waals surface area contributed by atoms with Gasteiger partial charge in [-0.1, -0.05) is 25.1 Å². The summed E-state index contributed by atoms with van der Waals surface area (Å²) in [7, 11) is 0. The summed E-state index contributed by atoms with van der Waals surface area (Å²) in [5, 5.41) is 9.86. The van der Waals surface area contributed by atoms with Crippen LogP contribution < -0.4 is 0 Å². The molecule has 2 saturated carbocycles. The number of fused-ring (bicyclic) bond motifs is 5. The zero-order valence-electron chi connectivity index (χ0n) is 17.2. The van der Waals surface area contributed by atoms with Crippen LogP contribution in [0.25, 0.3) is 6.08 Å². The first-order valence-electron chi connectivity index (χ1n) is 10.7. The zero-order chi connectivity index (χ0) is 20.2. The number of carbonyl (C=O) groups excluding carboxylic acids is 1. The highest BCUT2D eigenvalue weighted by atomic mass is 32.2. The van der Waals surface area contributed by atoms with E-state index in [4.69, 9.17) is 0 Å². The molecule has 3 aliphatic carbocycles. The Balaban J connectivity index is 1.46. The number of aryl methyl sites for hydroxylation is 1. The third-order valence-electron chi connectivity index (χ3n) is 7.81. The summed E-state index contributed by atoms with van der Waals surface area (Å²) in [5.41, 5.74) is 4.67. The Labute approximate surface area is 177 Å². The van der Waals surface area contributed by atoms with Crippen molar-refractivity contribution in [3.8, 4) is 5.75 Å². The molecule has 0 saturated heterocycles. The summed E-state index contributed by atoms with van der Waals surface area (Å²) in [4.78, 5) is 14.7. The van der Waals surface area contributed by atoms with Crippen LogP contribution in [0.3, 0.4) is 0 Å². The number of hydrogen-bond acceptors (Lipinski definition) is 3. The van der Waals surface area contributed by atoms with Crippen molar-refractivity contribution in [2.75, 3.05) is 6.26 Å². The van der Waals surface area contributed by atoms with Crippen LogP contribution in [0.5, 0.6) is 5.75 Å². The van der Waals surface area contributed by atoms with Crippen LogP contribution in [0.2, 0.25) is 0 Å². The van der Waals surface area contributed by atoms with Gasteiger partial charge in [-0.05, 0) is 109 Å². The molecule has 2 fully saturated rings. The maximum Gasteiger partial charge on any atom is 0.165 e. The van der Waals surface area contributed by atoms with Crippen LogP contribution in [-0.4, -0.2) is 17.1 Å². The molecule has 5 rings (SSSR count). The number of hydrogen-bond donors (Lipinski definition) is 1. The molecule has 2 aromatic rings. The number of phenols is 1. The van der Waals surface area contributed by atoms with Crippen molar-refractivity contribution in [2.45, 2.75) is 49.8 Å². The number of Topliss-reactive ketones (excluding diaryl/α,β-unsaturated/α-hetero) is 1. The van der Waals surface area contributed by atoms with E-state index in [1.807, 2.05) is 12.1 Å². The Kier molecular flexibility index (Phi) is 4.62. The van der Waals surface area contributed by atoms with E-state index < -0.39 is 0 Å². The summed E-state index contributed by atoms with van der Waals surface area (Å²) in [6, 6.07) is 14.4. The van der Waals surface area contributed by atoms with Gasteiger partial charge in [0.15, 0.2) is 5.78 Å². The topological polar surface area (TPSA) is 37.3 Å². The van der Waals surface area contributed by atoms with Gasteiger partial charge in [-0.2, -0.15) is 0 Å². The van der Waals surface area contributed by atoms with Crippen molar-refractivity contribution >= 4 is 23.6 Å². The van der Waals surface area contributed by atoms with Crippen molar-refractivity contribution in [2.24, 2.45) is 17.3 Å². The summed E-state index contributed by atoms with van der Waals surface area (Å²) >= 11 is 1.74. The fraction of sp³-hybridized carbons (Fsp3) is 0.423. The van der Waals surface area contributed by atoms with E-state index in [2.05, 4.69) is 49.6 Å². The number of carbonyl (C=O) groups is 1. The first-order valence-corrected chi connectivity index (χ1v) is 11.9. The largest absolute Gasteiger partial charge is 0.508 e. The Morgan fingerprint density at radius 2 is 1.93 bits per heavy atom. The van der Waals surface area contributed by atoms with Crippen LogP contribution in [0.1, 0.15) is 55.2 Å². The predicted octanol–water partition coefficient (Wildman–Crippen LogP) is 6.23. The van der Waals surface area contributed by atoms with Crippen molar-refractivity contribution in [1.29, 1.82) is 0 Å². The molecule has 4 atom stereocenters. The van der Waals surface area contributed by atoms with Gasteiger partial charge in [-0.25, -0.2) is 0 Å². The summed E-state index contributed by atoms with van der Waals surface area (Å²) in [6.45, 7) is 2.22. The second kappa shape index (κ2) is 7.05. The fourth-order valence-electron chi connectivity index (χ4n) is 6.27. The number of thioether (sulfide) groups is 1. The number of benzene rings is 2. The Hall–Kier alpha value is -2.00. The fourth-order valence-corrected chi connectivity index (χ4v) is 6.68. The van der Waals surface area contributed by atoms with E-state index in [0.717, 1.165) is 43.2 Å². The second-order valence-corrected chi connectivity index (χ2v) is 10.1. The lowest BCUT2D eigenvalue weighted by molar-refractivity contribution is -0.127. The third-order valence-corrected chi connectivity index (χ3v) is 8.55. The minimum absolute atomic E-state index is 0.208. The van der Waals surface area contributed by atoms with Gasteiger partial charge in [0.05, 0.1) is 0 Å². The molecule has 0 amide bonds. The number of rotatable bonds is 2. The number of aromatic hydroxyl groups is 1. The van der Waals surface area contributed by atoms with Gasteiger partial charge in [-0.3, -0.25) is 4.79 Å². The smallest absolute Gasteiger partial charge is 0.165 e. The predicted molar refractivity (Wildman–Crippen MR) is 119 cm³/mol. The molecule has 0 radical (unpaired) electrons. The molecule has 0 bridgehead atoms. The van der Waals surface area contributed by atoms with Gasteiger partial charge in [0, 0.05) is 10.3 Å². The maximum absolute atomic E-state index is 13.4. The Bertz CT molecular complexity index is 990. The van der Waals surface area contributed by atoms with E-state index in [1.54, 1.807) is 11.8 Å². The quantitative estimate of drug-likeness (QED) is 0.476. The average molecular weight is 405 g/mol. The van der Waals surface area contributed by atoms with Crippen LogP contribution in [-0.2, 0) is 11.2 Å². The third kappa shape index (κ3) is 3.06. The molecule has 0 heterocycles. The lowest BCUT2D eigenvalue weighted by atomic mass is 9.55. The van der Waals surface area contributed by atoms with Crippen LogP contribution in [0.15, 0.2) is 52.9 Å². The molecule has 0 aromatic heterocycles. The minimum Gasteiger partial charge on any atom is -0.508 e. The van der Waals surface area contributed by atoms with Crippen molar-refractivity contribution in [1.82, 2.24) is 0 Å². The van der Waals surface area contributed by atoms with E-state index in [0.29, 0.717) is 29.3 Å². The molecule has 1 N–H and O–H groups in total. The molecule has 2 aromatic carbocycles.